The standard InChI is InChI=1S/C23H31N5O3S/c1-4-31-10-9-24-23-25-14(2)20(21(28-23)26-16-6-5-15(11-16)13-29)22-27-18-12-17(30-3)7-8-19(18)32-22/h7-8,12,15-16,29H,4-6,9-11,13H2,1-3H3,(H2,24,25,26,28)/t15?,16-/m0/s1. The van der Waals surface area contributed by atoms with Crippen molar-refractivity contribution in [2.75, 3.05) is 44.1 Å². The maximum atomic E-state index is 9.54. The topological polar surface area (TPSA) is 101 Å². The number of aliphatic hydroxyl groups is 1. The van der Waals surface area contributed by atoms with Crippen LogP contribution < -0.4 is 15.4 Å². The zero-order valence-electron chi connectivity index (χ0n) is 18.9. The van der Waals surface area contributed by atoms with Crippen LogP contribution in [0.2, 0.25) is 0 Å². The number of rotatable bonds is 10. The molecule has 1 fully saturated rings. The number of anilines is 2. The van der Waals surface area contributed by atoms with E-state index in [4.69, 9.17) is 24.4 Å². The molecule has 2 aromatic heterocycles. The molecule has 1 unspecified atom stereocenters. The SMILES string of the molecule is CCOCCNc1nc(C)c(-c2nc3cc(OC)ccc3s2)c(N[C@H]2CCC(CO)C2)n1. The maximum absolute atomic E-state index is 9.54. The Labute approximate surface area is 192 Å². The van der Waals surface area contributed by atoms with Gasteiger partial charge in [0.1, 0.15) is 16.6 Å². The summed E-state index contributed by atoms with van der Waals surface area (Å²) in [5, 5.41) is 17.3. The van der Waals surface area contributed by atoms with Crippen LogP contribution in [0.4, 0.5) is 11.8 Å². The van der Waals surface area contributed by atoms with Gasteiger partial charge in [0.25, 0.3) is 0 Å². The Kier molecular flexibility index (Phi) is 7.39. The molecule has 0 saturated heterocycles. The summed E-state index contributed by atoms with van der Waals surface area (Å²) in [7, 11) is 1.66. The van der Waals surface area contributed by atoms with Crippen molar-refractivity contribution in [1.29, 1.82) is 0 Å². The van der Waals surface area contributed by atoms with Crippen LogP contribution in [0.15, 0.2) is 18.2 Å². The van der Waals surface area contributed by atoms with Crippen LogP contribution in [-0.4, -0.2) is 59.6 Å². The summed E-state index contributed by atoms with van der Waals surface area (Å²) >= 11 is 1.62. The molecule has 0 bridgehead atoms. The zero-order chi connectivity index (χ0) is 22.5. The number of aryl methyl sites for hydroxylation is 1. The van der Waals surface area contributed by atoms with Gasteiger partial charge >= 0.3 is 0 Å². The smallest absolute Gasteiger partial charge is 0.224 e. The summed E-state index contributed by atoms with van der Waals surface area (Å²) in [6.07, 6.45) is 2.97. The first-order valence-corrected chi connectivity index (χ1v) is 12.0. The first-order chi connectivity index (χ1) is 15.6. The van der Waals surface area contributed by atoms with E-state index in [2.05, 4.69) is 10.6 Å². The zero-order valence-corrected chi connectivity index (χ0v) is 19.7. The van der Waals surface area contributed by atoms with Crippen LogP contribution in [0, 0.1) is 12.8 Å². The first-order valence-electron chi connectivity index (χ1n) is 11.1. The summed E-state index contributed by atoms with van der Waals surface area (Å²) in [6.45, 7) is 6.13. The Morgan fingerprint density at radius 2 is 2.09 bits per heavy atom. The van der Waals surface area contributed by atoms with Gasteiger partial charge in [-0.2, -0.15) is 4.98 Å². The lowest BCUT2D eigenvalue weighted by Gasteiger charge is -2.18. The highest BCUT2D eigenvalue weighted by Crippen LogP contribution is 2.38. The molecule has 3 N–H and O–H groups in total. The highest BCUT2D eigenvalue weighted by Gasteiger charge is 2.26. The normalized spacial score (nSPS) is 18.2. The van der Waals surface area contributed by atoms with E-state index in [-0.39, 0.29) is 12.6 Å². The van der Waals surface area contributed by atoms with Crippen molar-refractivity contribution in [3.63, 3.8) is 0 Å². The number of aliphatic hydroxyl groups excluding tert-OH is 1. The molecule has 1 aliphatic rings. The van der Waals surface area contributed by atoms with Gasteiger partial charge < -0.3 is 25.2 Å². The predicted octanol–water partition coefficient (Wildman–Crippen LogP) is 4.09. The van der Waals surface area contributed by atoms with Crippen LogP contribution in [0.1, 0.15) is 31.9 Å². The van der Waals surface area contributed by atoms with Crippen molar-refractivity contribution in [3.8, 4) is 16.3 Å². The lowest BCUT2D eigenvalue weighted by atomic mass is 10.1. The molecule has 9 heteroatoms. The number of nitrogens with zero attached hydrogens (tertiary/aromatic N) is 3. The van der Waals surface area contributed by atoms with Crippen LogP contribution >= 0.6 is 11.3 Å². The summed E-state index contributed by atoms with van der Waals surface area (Å²) in [4.78, 5) is 14.4. The number of hydrogen-bond donors (Lipinski definition) is 3. The van der Waals surface area contributed by atoms with Gasteiger partial charge in [-0.25, -0.2) is 9.97 Å². The van der Waals surface area contributed by atoms with E-state index in [0.29, 0.717) is 31.6 Å². The minimum atomic E-state index is 0.234. The van der Waals surface area contributed by atoms with E-state index in [1.165, 1.54) is 0 Å². The van der Waals surface area contributed by atoms with Gasteiger partial charge in [-0.3, -0.25) is 0 Å². The largest absolute Gasteiger partial charge is 0.497 e. The van der Waals surface area contributed by atoms with Crippen molar-refractivity contribution in [3.05, 3.63) is 23.9 Å². The molecule has 0 spiro atoms. The Balaban J connectivity index is 1.67. The third-order valence-electron chi connectivity index (χ3n) is 5.77. The van der Waals surface area contributed by atoms with Crippen LogP contribution in [0.25, 0.3) is 20.8 Å². The number of methoxy groups -OCH3 is 1. The van der Waals surface area contributed by atoms with E-state index < -0.39 is 0 Å². The average Bonchev–Trinajstić information content (AvgIpc) is 3.42. The molecule has 4 rings (SSSR count). The van der Waals surface area contributed by atoms with Gasteiger partial charge in [-0.1, -0.05) is 0 Å². The van der Waals surface area contributed by atoms with Crippen LogP contribution in [0.3, 0.4) is 0 Å². The van der Waals surface area contributed by atoms with E-state index in [1.807, 2.05) is 32.0 Å². The molecule has 8 nitrogen and oxygen atoms in total. The minimum absolute atomic E-state index is 0.234. The second-order valence-electron chi connectivity index (χ2n) is 8.04. The number of ether oxygens (including phenoxy) is 2. The number of thiazole rings is 1. The van der Waals surface area contributed by atoms with Crippen molar-refractivity contribution >= 4 is 33.3 Å². The second kappa shape index (κ2) is 10.4. The summed E-state index contributed by atoms with van der Waals surface area (Å²) in [5.41, 5.74) is 2.69. The Bertz CT molecular complexity index is 1060. The molecule has 2 atom stereocenters. The molecule has 32 heavy (non-hydrogen) atoms. The van der Waals surface area contributed by atoms with Crippen molar-refractivity contribution in [2.45, 2.75) is 39.2 Å². The summed E-state index contributed by atoms with van der Waals surface area (Å²) in [6, 6.07) is 6.20. The maximum Gasteiger partial charge on any atom is 0.224 e. The van der Waals surface area contributed by atoms with E-state index in [0.717, 1.165) is 57.3 Å². The summed E-state index contributed by atoms with van der Waals surface area (Å²) in [5.74, 6) is 2.49. The van der Waals surface area contributed by atoms with Crippen LogP contribution in [-0.2, 0) is 4.74 Å². The number of hydrogen-bond acceptors (Lipinski definition) is 9. The quantitative estimate of drug-likeness (QED) is 0.391. The number of benzene rings is 1. The fourth-order valence-electron chi connectivity index (χ4n) is 4.10. The lowest BCUT2D eigenvalue weighted by Crippen LogP contribution is -2.20. The fourth-order valence-corrected chi connectivity index (χ4v) is 5.14. The van der Waals surface area contributed by atoms with Crippen molar-refractivity contribution in [2.24, 2.45) is 5.92 Å². The number of nitrogens with one attached hydrogen (secondary N) is 2. The molecular formula is C23H31N5O3S. The molecule has 2 heterocycles. The van der Waals surface area contributed by atoms with Crippen LogP contribution in [0.5, 0.6) is 5.75 Å². The van der Waals surface area contributed by atoms with E-state index >= 15 is 0 Å². The van der Waals surface area contributed by atoms with Gasteiger partial charge in [0.2, 0.25) is 5.95 Å². The molecule has 0 amide bonds. The van der Waals surface area contributed by atoms with E-state index in [1.54, 1.807) is 18.4 Å². The van der Waals surface area contributed by atoms with Gasteiger partial charge in [0.15, 0.2) is 0 Å². The molecule has 0 radical (unpaired) electrons. The molecule has 1 aromatic carbocycles. The minimum Gasteiger partial charge on any atom is -0.497 e. The molecule has 0 aliphatic heterocycles. The second-order valence-corrected chi connectivity index (χ2v) is 9.07. The Hall–Kier alpha value is -2.49. The molecule has 1 saturated carbocycles. The average molecular weight is 458 g/mol. The molecule has 172 valence electrons. The fraction of sp³-hybridized carbons (Fsp3) is 0.522. The van der Waals surface area contributed by atoms with Gasteiger partial charge in [-0.05, 0) is 51.2 Å². The Morgan fingerprint density at radius 1 is 1.22 bits per heavy atom. The highest BCUT2D eigenvalue weighted by atomic mass is 32.1. The number of fused-ring (bicyclic) bond motifs is 1. The van der Waals surface area contributed by atoms with Gasteiger partial charge in [0, 0.05) is 31.9 Å². The predicted molar refractivity (Wildman–Crippen MR) is 129 cm³/mol. The summed E-state index contributed by atoms with van der Waals surface area (Å²) < 4.78 is 11.9. The highest BCUT2D eigenvalue weighted by molar-refractivity contribution is 7.21. The van der Waals surface area contributed by atoms with Crippen molar-refractivity contribution in [1.82, 2.24) is 15.0 Å². The first kappa shape index (κ1) is 22.7. The third kappa shape index (κ3) is 5.11. The lowest BCUT2D eigenvalue weighted by molar-refractivity contribution is 0.158. The van der Waals surface area contributed by atoms with Crippen molar-refractivity contribution < 1.29 is 14.6 Å². The third-order valence-corrected chi connectivity index (χ3v) is 6.83. The molecule has 3 aromatic rings. The Morgan fingerprint density at radius 3 is 2.84 bits per heavy atom. The van der Waals surface area contributed by atoms with Gasteiger partial charge in [0.05, 0.1) is 35.2 Å². The van der Waals surface area contributed by atoms with E-state index in [9.17, 15) is 5.11 Å². The molecule has 1 aliphatic carbocycles. The van der Waals surface area contributed by atoms with Gasteiger partial charge in [-0.15, -0.1) is 11.3 Å². The molecular weight excluding hydrogens is 426 g/mol. The number of aromatic nitrogens is 3. The monoisotopic (exact) mass is 457 g/mol.